The maximum atomic E-state index is 11.4. The van der Waals surface area contributed by atoms with E-state index in [1.165, 1.54) is 7.11 Å². The van der Waals surface area contributed by atoms with E-state index in [-0.39, 0.29) is 5.97 Å². The molecule has 0 fully saturated rings. The smallest absolute Gasteiger partial charge is 0.337 e. The van der Waals surface area contributed by atoms with Crippen LogP contribution in [0.1, 0.15) is 21.5 Å². The standard InChI is InChI=1S/C18H14BrNO3/c1-22-18(21)15-6-2-13(3-7-15)10-16(19)12-23-17-8-4-14(11-20)5-9-17/h2-10H,12H2,1H3/b16-10-. The van der Waals surface area contributed by atoms with Crippen molar-refractivity contribution in [1.29, 1.82) is 5.26 Å². The van der Waals surface area contributed by atoms with Gasteiger partial charge in [-0.1, -0.05) is 28.1 Å². The summed E-state index contributed by atoms with van der Waals surface area (Å²) in [5, 5.41) is 8.74. The highest BCUT2D eigenvalue weighted by Gasteiger charge is 2.04. The lowest BCUT2D eigenvalue weighted by molar-refractivity contribution is 0.0600. The van der Waals surface area contributed by atoms with Gasteiger partial charge in [-0.05, 0) is 48.0 Å². The molecule has 0 unspecified atom stereocenters. The van der Waals surface area contributed by atoms with E-state index >= 15 is 0 Å². The first-order valence-electron chi connectivity index (χ1n) is 6.80. The number of halogens is 1. The Morgan fingerprint density at radius 3 is 2.39 bits per heavy atom. The van der Waals surface area contributed by atoms with Crippen LogP contribution < -0.4 is 4.74 Å². The molecule has 2 aromatic carbocycles. The van der Waals surface area contributed by atoms with E-state index in [1.54, 1.807) is 36.4 Å². The van der Waals surface area contributed by atoms with E-state index in [4.69, 9.17) is 10.00 Å². The predicted molar refractivity (Wildman–Crippen MR) is 91.3 cm³/mol. The number of benzene rings is 2. The summed E-state index contributed by atoms with van der Waals surface area (Å²) >= 11 is 3.45. The van der Waals surface area contributed by atoms with Crippen molar-refractivity contribution < 1.29 is 14.3 Å². The van der Waals surface area contributed by atoms with E-state index in [2.05, 4.69) is 26.7 Å². The number of methoxy groups -OCH3 is 1. The van der Waals surface area contributed by atoms with E-state index in [0.717, 1.165) is 10.0 Å². The molecule has 23 heavy (non-hydrogen) atoms. The van der Waals surface area contributed by atoms with Crippen molar-refractivity contribution in [1.82, 2.24) is 0 Å². The summed E-state index contributed by atoms with van der Waals surface area (Å²) in [5.41, 5.74) is 2.04. The van der Waals surface area contributed by atoms with Gasteiger partial charge in [-0.2, -0.15) is 5.26 Å². The first kappa shape index (κ1) is 16.8. The largest absolute Gasteiger partial charge is 0.488 e. The summed E-state index contributed by atoms with van der Waals surface area (Å²) in [4.78, 5) is 11.4. The summed E-state index contributed by atoms with van der Waals surface area (Å²) in [6.07, 6.45) is 1.91. The monoisotopic (exact) mass is 371 g/mol. The van der Waals surface area contributed by atoms with Crippen LogP contribution >= 0.6 is 15.9 Å². The number of nitrogens with zero attached hydrogens (tertiary/aromatic N) is 1. The molecule has 5 heteroatoms. The van der Waals surface area contributed by atoms with Crippen molar-refractivity contribution in [3.05, 3.63) is 69.7 Å². The first-order chi connectivity index (χ1) is 11.1. The van der Waals surface area contributed by atoms with Crippen LogP contribution in [0.15, 0.2) is 53.0 Å². The summed E-state index contributed by atoms with van der Waals surface area (Å²) in [5.74, 6) is 0.333. The summed E-state index contributed by atoms with van der Waals surface area (Å²) in [7, 11) is 1.35. The highest BCUT2D eigenvalue weighted by Crippen LogP contribution is 2.17. The third-order valence-corrected chi connectivity index (χ3v) is 3.47. The number of ether oxygens (including phenoxy) is 2. The van der Waals surface area contributed by atoms with Gasteiger partial charge in [-0.25, -0.2) is 4.79 Å². The summed E-state index contributed by atoms with van der Waals surface area (Å²) in [6, 6.07) is 16.1. The Morgan fingerprint density at radius 1 is 1.17 bits per heavy atom. The number of hydrogen-bond donors (Lipinski definition) is 0. The molecule has 4 nitrogen and oxygen atoms in total. The third-order valence-electron chi connectivity index (χ3n) is 3.02. The van der Waals surface area contributed by atoms with E-state index < -0.39 is 0 Å². The Hall–Kier alpha value is -2.58. The van der Waals surface area contributed by atoms with Crippen molar-refractivity contribution >= 4 is 28.0 Å². The Balaban J connectivity index is 1.96. The first-order valence-corrected chi connectivity index (χ1v) is 7.59. The van der Waals surface area contributed by atoms with Crippen LogP contribution in [0.5, 0.6) is 5.75 Å². The topological polar surface area (TPSA) is 59.3 Å². The number of carbonyl (C=O) groups excluding carboxylic acids is 1. The van der Waals surface area contributed by atoms with Gasteiger partial charge in [0.25, 0.3) is 0 Å². The predicted octanol–water partition coefficient (Wildman–Crippen LogP) is 4.16. The van der Waals surface area contributed by atoms with E-state index in [0.29, 0.717) is 23.5 Å². The minimum atomic E-state index is -0.358. The van der Waals surface area contributed by atoms with Crippen molar-refractivity contribution in [2.75, 3.05) is 13.7 Å². The highest BCUT2D eigenvalue weighted by atomic mass is 79.9. The van der Waals surface area contributed by atoms with Gasteiger partial charge in [0.05, 0.1) is 24.3 Å². The number of carbonyl (C=O) groups is 1. The van der Waals surface area contributed by atoms with Gasteiger partial charge in [-0.3, -0.25) is 0 Å². The molecule has 0 spiro atoms. The molecule has 0 aliphatic heterocycles. The van der Waals surface area contributed by atoms with Gasteiger partial charge < -0.3 is 9.47 Å². The maximum absolute atomic E-state index is 11.4. The molecule has 0 atom stereocenters. The molecule has 0 saturated heterocycles. The molecule has 0 aliphatic rings. The van der Waals surface area contributed by atoms with Gasteiger partial charge in [0.1, 0.15) is 12.4 Å². The van der Waals surface area contributed by atoms with Gasteiger partial charge in [-0.15, -0.1) is 0 Å². The molecular formula is C18H14BrNO3. The van der Waals surface area contributed by atoms with Crippen molar-refractivity contribution in [2.24, 2.45) is 0 Å². The highest BCUT2D eigenvalue weighted by molar-refractivity contribution is 9.11. The second-order valence-corrected chi connectivity index (χ2v) is 5.65. The Morgan fingerprint density at radius 2 is 1.83 bits per heavy atom. The number of hydrogen-bond acceptors (Lipinski definition) is 4. The van der Waals surface area contributed by atoms with Gasteiger partial charge in [0.15, 0.2) is 0 Å². The normalized spacial score (nSPS) is 10.7. The van der Waals surface area contributed by atoms with Crippen LogP contribution in [0.2, 0.25) is 0 Å². The fourth-order valence-electron chi connectivity index (χ4n) is 1.83. The molecule has 0 saturated carbocycles. The van der Waals surface area contributed by atoms with E-state index in [1.807, 2.05) is 18.2 Å². The van der Waals surface area contributed by atoms with E-state index in [9.17, 15) is 4.79 Å². The van der Waals surface area contributed by atoms with Crippen LogP contribution in [0.4, 0.5) is 0 Å². The zero-order chi connectivity index (χ0) is 16.7. The lowest BCUT2D eigenvalue weighted by atomic mass is 10.1. The molecule has 0 aliphatic carbocycles. The number of esters is 1. The van der Waals surface area contributed by atoms with Crippen LogP contribution in [-0.2, 0) is 4.74 Å². The molecule has 2 rings (SSSR count). The fourth-order valence-corrected chi connectivity index (χ4v) is 2.21. The molecule has 0 aromatic heterocycles. The molecule has 0 heterocycles. The lowest BCUT2D eigenvalue weighted by Crippen LogP contribution is -2.00. The Kier molecular flexibility index (Phi) is 5.95. The Labute approximate surface area is 143 Å². The quantitative estimate of drug-likeness (QED) is 0.740. The third kappa shape index (κ3) is 4.97. The second kappa shape index (κ2) is 8.16. The van der Waals surface area contributed by atoms with Crippen molar-refractivity contribution in [3.63, 3.8) is 0 Å². The average molecular weight is 372 g/mol. The zero-order valence-corrected chi connectivity index (χ0v) is 14.0. The fraction of sp³-hybridized carbons (Fsp3) is 0.111. The molecule has 0 N–H and O–H groups in total. The van der Waals surface area contributed by atoms with Crippen LogP contribution in [-0.4, -0.2) is 19.7 Å². The van der Waals surface area contributed by atoms with Gasteiger partial charge in [0.2, 0.25) is 0 Å². The number of rotatable bonds is 5. The summed E-state index contributed by atoms with van der Waals surface area (Å²) < 4.78 is 11.1. The summed E-state index contributed by atoms with van der Waals surface area (Å²) in [6.45, 7) is 0.366. The van der Waals surface area contributed by atoms with Crippen LogP contribution in [0.25, 0.3) is 6.08 Å². The molecule has 0 bridgehead atoms. The lowest BCUT2D eigenvalue weighted by Gasteiger charge is -2.06. The van der Waals surface area contributed by atoms with Gasteiger partial charge in [0, 0.05) is 4.48 Å². The second-order valence-electron chi connectivity index (χ2n) is 4.63. The molecule has 2 aromatic rings. The minimum Gasteiger partial charge on any atom is -0.488 e. The van der Waals surface area contributed by atoms with Gasteiger partial charge >= 0.3 is 5.97 Å². The Bertz CT molecular complexity index is 743. The van der Waals surface area contributed by atoms with Crippen molar-refractivity contribution in [3.8, 4) is 11.8 Å². The average Bonchev–Trinajstić information content (AvgIpc) is 2.60. The van der Waals surface area contributed by atoms with Crippen LogP contribution in [0, 0.1) is 11.3 Å². The minimum absolute atomic E-state index is 0.358. The molecule has 116 valence electrons. The molecule has 0 amide bonds. The molecular weight excluding hydrogens is 358 g/mol. The zero-order valence-electron chi connectivity index (χ0n) is 12.5. The van der Waals surface area contributed by atoms with Crippen molar-refractivity contribution in [2.45, 2.75) is 0 Å². The van der Waals surface area contributed by atoms with Crippen LogP contribution in [0.3, 0.4) is 0 Å². The maximum Gasteiger partial charge on any atom is 0.337 e. The number of nitriles is 1. The molecule has 0 radical (unpaired) electrons. The SMILES string of the molecule is COC(=O)c1ccc(/C=C(\Br)COc2ccc(C#N)cc2)cc1.